The molecule has 5 rings (SSSR count). The maximum Gasteiger partial charge on any atom is 0.272 e. The molecule has 1 saturated heterocycles. The Balaban J connectivity index is 1.48. The lowest BCUT2D eigenvalue weighted by Crippen LogP contribution is -2.41. The second-order valence-corrected chi connectivity index (χ2v) is 12.4. The highest BCUT2D eigenvalue weighted by molar-refractivity contribution is 7.92. The van der Waals surface area contributed by atoms with E-state index in [0.29, 0.717) is 10.6 Å². The zero-order chi connectivity index (χ0) is 26.8. The average Bonchev–Trinajstić information content (AvgIpc) is 3.63. The monoisotopic (exact) mass is 552 g/mol. The molecule has 10 nitrogen and oxygen atoms in total. The number of hydrogen-bond acceptors (Lipinski definition) is 9. The van der Waals surface area contributed by atoms with Gasteiger partial charge in [0.15, 0.2) is 22.0 Å². The molecule has 4 heterocycles. The Morgan fingerprint density at radius 2 is 1.87 bits per heavy atom. The van der Waals surface area contributed by atoms with Crippen molar-refractivity contribution in [3.05, 3.63) is 84.0 Å². The number of nitrogens with one attached hydrogen (secondary N) is 1. The zero-order valence-electron chi connectivity index (χ0n) is 20.1. The molecule has 0 radical (unpaired) electrons. The molecule has 1 atom stereocenters. The molecule has 1 aliphatic rings. The molecule has 3 aromatic heterocycles. The maximum absolute atomic E-state index is 13.8. The van der Waals surface area contributed by atoms with Crippen molar-refractivity contribution < 1.29 is 27.6 Å². The Hall–Kier alpha value is -3.87. The standard InChI is InChI=1S/C26H24N4O6S2/c31-24(29-33)15-26(10-12-30(13-14-38(26,34)35)25(32)20-3-1-2-11-28-20)23-9-8-22(37-23)19-6-4-18(5-7-19)21-16-27-17-36-21/h1-9,11,16-17,33H,10,12-15H2,(H,29,31)/t26-/m0/s1. The topological polar surface area (TPSA) is 143 Å². The number of pyridine rings is 1. The molecule has 0 unspecified atom stereocenters. The average molecular weight is 553 g/mol. The fraction of sp³-hybridized carbons (Fsp3) is 0.231. The predicted octanol–water partition coefficient (Wildman–Crippen LogP) is 3.52. The van der Waals surface area contributed by atoms with E-state index in [1.807, 2.05) is 30.3 Å². The van der Waals surface area contributed by atoms with E-state index in [9.17, 15) is 23.2 Å². The molecule has 0 aliphatic carbocycles. The van der Waals surface area contributed by atoms with Crippen molar-refractivity contribution >= 4 is 33.0 Å². The third-order valence-electron chi connectivity index (χ3n) is 6.69. The van der Waals surface area contributed by atoms with Gasteiger partial charge in [-0.1, -0.05) is 30.3 Å². The Labute approximate surface area is 222 Å². The van der Waals surface area contributed by atoms with Crippen LogP contribution in [0.4, 0.5) is 0 Å². The third kappa shape index (κ3) is 4.85. The van der Waals surface area contributed by atoms with E-state index in [1.54, 1.807) is 35.9 Å². The number of nitrogens with zero attached hydrogens (tertiary/aromatic N) is 3. The summed E-state index contributed by atoms with van der Waals surface area (Å²) in [6, 6.07) is 16.1. The van der Waals surface area contributed by atoms with Gasteiger partial charge in [-0.15, -0.1) is 11.3 Å². The summed E-state index contributed by atoms with van der Waals surface area (Å²) in [6.45, 7) is 0.0774. The van der Waals surface area contributed by atoms with E-state index in [1.165, 1.54) is 28.8 Å². The molecule has 2 N–H and O–H groups in total. The van der Waals surface area contributed by atoms with Gasteiger partial charge >= 0.3 is 0 Å². The number of benzene rings is 1. The van der Waals surface area contributed by atoms with Crippen molar-refractivity contribution in [2.75, 3.05) is 18.8 Å². The highest BCUT2D eigenvalue weighted by Gasteiger charge is 2.50. The van der Waals surface area contributed by atoms with Crippen molar-refractivity contribution in [3.8, 4) is 21.8 Å². The number of rotatable bonds is 6. The summed E-state index contributed by atoms with van der Waals surface area (Å²) >= 11 is 1.27. The van der Waals surface area contributed by atoms with Gasteiger partial charge in [0, 0.05) is 34.6 Å². The fourth-order valence-electron chi connectivity index (χ4n) is 4.62. The second kappa shape index (κ2) is 10.5. The predicted molar refractivity (Wildman–Crippen MR) is 140 cm³/mol. The SMILES string of the molecule is O=C(C[C@]1(c2ccc(-c3ccc(-c4cnco4)cc3)s2)CCN(C(=O)c2ccccn2)CCS1(=O)=O)NO. The number of aromatic nitrogens is 2. The van der Waals surface area contributed by atoms with Gasteiger partial charge in [-0.2, -0.15) is 0 Å². The normalized spacial score (nSPS) is 19.0. The van der Waals surface area contributed by atoms with Gasteiger partial charge in [0.25, 0.3) is 5.91 Å². The largest absolute Gasteiger partial charge is 0.444 e. The van der Waals surface area contributed by atoms with E-state index < -0.39 is 26.9 Å². The minimum absolute atomic E-state index is 0.00822. The van der Waals surface area contributed by atoms with Gasteiger partial charge in [0.2, 0.25) is 5.91 Å². The minimum Gasteiger partial charge on any atom is -0.444 e. The first-order valence-electron chi connectivity index (χ1n) is 11.8. The number of hydroxylamine groups is 1. The van der Waals surface area contributed by atoms with Crippen molar-refractivity contribution in [2.45, 2.75) is 17.6 Å². The van der Waals surface area contributed by atoms with Crippen molar-refractivity contribution in [1.29, 1.82) is 0 Å². The Morgan fingerprint density at radius 1 is 1.08 bits per heavy atom. The molecular weight excluding hydrogens is 528 g/mol. The van der Waals surface area contributed by atoms with Crippen molar-refractivity contribution in [3.63, 3.8) is 0 Å². The Kier molecular flexibility index (Phi) is 7.11. The summed E-state index contributed by atoms with van der Waals surface area (Å²) in [5.74, 6) is -0.887. The van der Waals surface area contributed by atoms with Crippen LogP contribution in [0.25, 0.3) is 21.8 Å². The van der Waals surface area contributed by atoms with Gasteiger partial charge in [0.1, 0.15) is 10.4 Å². The lowest BCUT2D eigenvalue weighted by atomic mass is 9.97. The molecule has 12 heteroatoms. The van der Waals surface area contributed by atoms with Crippen LogP contribution in [0.2, 0.25) is 0 Å². The van der Waals surface area contributed by atoms with Gasteiger partial charge in [-0.3, -0.25) is 19.8 Å². The molecule has 0 spiro atoms. The molecule has 1 aliphatic heterocycles. The van der Waals surface area contributed by atoms with E-state index in [0.717, 1.165) is 16.0 Å². The molecule has 1 fully saturated rings. The first-order valence-corrected chi connectivity index (χ1v) is 14.2. The van der Waals surface area contributed by atoms with Gasteiger partial charge < -0.3 is 9.32 Å². The van der Waals surface area contributed by atoms with Crippen molar-refractivity contribution in [1.82, 2.24) is 20.3 Å². The van der Waals surface area contributed by atoms with Crippen LogP contribution < -0.4 is 5.48 Å². The maximum atomic E-state index is 13.8. The number of carbonyl (C=O) groups excluding carboxylic acids is 2. The first-order chi connectivity index (χ1) is 18.3. The van der Waals surface area contributed by atoms with Crippen LogP contribution in [0.3, 0.4) is 0 Å². The van der Waals surface area contributed by atoms with Gasteiger partial charge in [-0.05, 0) is 36.2 Å². The van der Waals surface area contributed by atoms with Crippen LogP contribution in [0.5, 0.6) is 0 Å². The molecular formula is C26H24N4O6S2. The smallest absolute Gasteiger partial charge is 0.272 e. The van der Waals surface area contributed by atoms with Crippen LogP contribution in [-0.4, -0.2) is 59.1 Å². The lowest BCUT2D eigenvalue weighted by Gasteiger charge is -2.30. The van der Waals surface area contributed by atoms with E-state index >= 15 is 0 Å². The molecule has 196 valence electrons. The lowest BCUT2D eigenvalue weighted by molar-refractivity contribution is -0.129. The third-order valence-corrected chi connectivity index (χ3v) is 10.6. The quantitative estimate of drug-likeness (QED) is 0.273. The number of sulfone groups is 1. The molecule has 4 aromatic rings. The van der Waals surface area contributed by atoms with E-state index in [2.05, 4.69) is 9.97 Å². The van der Waals surface area contributed by atoms with E-state index in [4.69, 9.17) is 4.42 Å². The number of carbonyl (C=O) groups is 2. The number of hydrogen-bond donors (Lipinski definition) is 2. The Bertz CT molecular complexity index is 1540. The van der Waals surface area contributed by atoms with Crippen LogP contribution in [0.1, 0.15) is 28.2 Å². The van der Waals surface area contributed by atoms with Crippen LogP contribution in [0, 0.1) is 0 Å². The van der Waals surface area contributed by atoms with Crippen LogP contribution in [-0.2, 0) is 19.4 Å². The molecule has 0 saturated carbocycles. The second-order valence-electron chi connectivity index (χ2n) is 8.89. The summed E-state index contributed by atoms with van der Waals surface area (Å²) in [7, 11) is -3.93. The molecule has 0 bridgehead atoms. The molecule has 2 amide bonds. The van der Waals surface area contributed by atoms with Crippen LogP contribution in [0.15, 0.2) is 77.8 Å². The number of amides is 2. The molecule has 1 aromatic carbocycles. The van der Waals surface area contributed by atoms with Crippen LogP contribution >= 0.6 is 11.3 Å². The number of oxazole rings is 1. The summed E-state index contributed by atoms with van der Waals surface area (Å²) in [5.41, 5.74) is 3.51. The highest BCUT2D eigenvalue weighted by atomic mass is 32.2. The van der Waals surface area contributed by atoms with Gasteiger partial charge in [-0.25, -0.2) is 18.9 Å². The van der Waals surface area contributed by atoms with E-state index in [-0.39, 0.29) is 36.9 Å². The summed E-state index contributed by atoms with van der Waals surface area (Å²) in [6.07, 6.45) is 4.00. The summed E-state index contributed by atoms with van der Waals surface area (Å²) < 4.78 is 31.3. The summed E-state index contributed by atoms with van der Waals surface area (Å²) in [4.78, 5) is 36.2. The van der Waals surface area contributed by atoms with Crippen molar-refractivity contribution in [2.24, 2.45) is 0 Å². The molecule has 38 heavy (non-hydrogen) atoms. The summed E-state index contributed by atoms with van der Waals surface area (Å²) in [5, 5.41) is 9.27. The first kappa shape index (κ1) is 25.8. The number of thiophene rings is 1. The fourth-order valence-corrected chi connectivity index (χ4v) is 8.23. The zero-order valence-corrected chi connectivity index (χ0v) is 21.7. The Morgan fingerprint density at radius 3 is 2.55 bits per heavy atom. The highest BCUT2D eigenvalue weighted by Crippen LogP contribution is 2.45. The minimum atomic E-state index is -3.93. The van der Waals surface area contributed by atoms with Gasteiger partial charge in [0.05, 0.1) is 18.4 Å².